The summed E-state index contributed by atoms with van der Waals surface area (Å²) in [6.07, 6.45) is -4.19. The van der Waals surface area contributed by atoms with Crippen molar-refractivity contribution < 1.29 is 22.0 Å². The number of rotatable bonds is 1. The highest BCUT2D eigenvalue weighted by Crippen LogP contribution is 2.33. The second kappa shape index (κ2) is 4.31. The van der Waals surface area contributed by atoms with Gasteiger partial charge in [0.05, 0.1) is 6.54 Å². The Hall–Kier alpha value is -2.06. The van der Waals surface area contributed by atoms with Crippen LogP contribution < -0.4 is 4.90 Å². The summed E-state index contributed by atoms with van der Waals surface area (Å²) >= 11 is 0. The molecular formula is C9H5F5N4. The third-order valence-corrected chi connectivity index (χ3v) is 2.09. The highest BCUT2D eigenvalue weighted by molar-refractivity contribution is 5.92. The summed E-state index contributed by atoms with van der Waals surface area (Å²) < 4.78 is 63.5. The van der Waals surface area contributed by atoms with Crippen LogP contribution in [0.1, 0.15) is 0 Å². The van der Waals surface area contributed by atoms with Crippen LogP contribution in [0.2, 0.25) is 0 Å². The van der Waals surface area contributed by atoms with Crippen LogP contribution in [0.5, 0.6) is 0 Å². The summed E-state index contributed by atoms with van der Waals surface area (Å²) in [6.45, 7) is -0.915. The number of alkyl halides is 3. The molecule has 0 N–H and O–H groups in total. The van der Waals surface area contributed by atoms with Gasteiger partial charge in [0.25, 0.3) is 6.09 Å². The number of aromatic nitrogens is 2. The van der Waals surface area contributed by atoms with E-state index in [1.165, 1.54) is 12.3 Å². The molecule has 2 heterocycles. The van der Waals surface area contributed by atoms with Crippen LogP contribution >= 0.6 is 0 Å². The van der Waals surface area contributed by atoms with E-state index >= 15 is 0 Å². The molecule has 0 bridgehead atoms. The number of halogens is 5. The van der Waals surface area contributed by atoms with E-state index in [0.29, 0.717) is 4.90 Å². The fraction of sp³-hybridized carbons (Fsp3) is 0.222. The number of amidine groups is 1. The molecule has 1 aliphatic rings. The van der Waals surface area contributed by atoms with Crippen molar-refractivity contribution in [1.82, 2.24) is 9.97 Å². The van der Waals surface area contributed by atoms with Crippen LogP contribution in [0.25, 0.3) is 0 Å². The molecule has 0 saturated heterocycles. The van der Waals surface area contributed by atoms with Crippen LogP contribution in [-0.4, -0.2) is 28.8 Å². The average Bonchev–Trinajstić information content (AvgIpc) is 2.31. The molecule has 9 heteroatoms. The van der Waals surface area contributed by atoms with E-state index in [1.54, 1.807) is 0 Å². The van der Waals surface area contributed by atoms with Gasteiger partial charge in [0.2, 0.25) is 0 Å². The van der Waals surface area contributed by atoms with E-state index in [1.807, 2.05) is 0 Å². The van der Waals surface area contributed by atoms with E-state index in [2.05, 4.69) is 15.0 Å². The zero-order chi connectivity index (χ0) is 13.3. The number of nitrogens with zero attached hydrogens (tertiary/aromatic N) is 4. The topological polar surface area (TPSA) is 41.4 Å². The van der Waals surface area contributed by atoms with Crippen LogP contribution in [0, 0.1) is 0 Å². The lowest BCUT2D eigenvalue weighted by atomic mass is 10.3. The van der Waals surface area contributed by atoms with Gasteiger partial charge < -0.3 is 0 Å². The number of aliphatic imine (C=N–C) groups is 1. The Kier molecular flexibility index (Phi) is 2.97. The number of anilines is 1. The van der Waals surface area contributed by atoms with E-state index in [4.69, 9.17) is 0 Å². The Morgan fingerprint density at radius 2 is 1.94 bits per heavy atom. The number of allylic oxidation sites excluding steroid dienone is 1. The first-order valence-corrected chi connectivity index (χ1v) is 4.63. The molecule has 0 aromatic carbocycles. The zero-order valence-electron chi connectivity index (χ0n) is 8.62. The Balaban J connectivity index is 2.34. The van der Waals surface area contributed by atoms with Crippen LogP contribution in [0.4, 0.5) is 27.8 Å². The van der Waals surface area contributed by atoms with Gasteiger partial charge in [-0.2, -0.15) is 22.6 Å². The predicted molar refractivity (Wildman–Crippen MR) is 52.1 cm³/mol. The van der Waals surface area contributed by atoms with Gasteiger partial charge in [0.1, 0.15) is 12.1 Å². The molecule has 1 aromatic heterocycles. The zero-order valence-corrected chi connectivity index (χ0v) is 8.62. The molecule has 0 fully saturated rings. The Labute approximate surface area is 97.5 Å². The van der Waals surface area contributed by atoms with Crippen molar-refractivity contribution in [1.29, 1.82) is 0 Å². The maximum atomic E-state index is 13.4. The van der Waals surface area contributed by atoms with Gasteiger partial charge >= 0.3 is 6.18 Å². The molecule has 2 rings (SSSR count). The first-order valence-electron chi connectivity index (χ1n) is 4.63. The van der Waals surface area contributed by atoms with Gasteiger partial charge in [-0.3, -0.25) is 4.90 Å². The van der Waals surface area contributed by atoms with Gasteiger partial charge in [-0.25, -0.2) is 14.4 Å². The van der Waals surface area contributed by atoms with Crippen molar-refractivity contribution in [2.45, 2.75) is 6.18 Å². The summed E-state index contributed by atoms with van der Waals surface area (Å²) in [6, 6.07) is 1.22. The molecule has 96 valence electrons. The van der Waals surface area contributed by atoms with Crippen molar-refractivity contribution in [3.05, 3.63) is 30.1 Å². The van der Waals surface area contributed by atoms with E-state index in [0.717, 1.165) is 6.33 Å². The van der Waals surface area contributed by atoms with Crippen LogP contribution in [0.3, 0.4) is 0 Å². The molecule has 4 nitrogen and oxygen atoms in total. The standard InChI is InChI=1S/C9H5F5N4/c10-5-3-18(6-1-2-15-4-16-6)8(11)17-7(5)9(12,13)14/h1-2,4H,3H2. The first-order chi connectivity index (χ1) is 8.39. The monoisotopic (exact) mass is 264 g/mol. The van der Waals surface area contributed by atoms with Crippen LogP contribution in [0.15, 0.2) is 35.1 Å². The van der Waals surface area contributed by atoms with E-state index < -0.39 is 30.3 Å². The average molecular weight is 264 g/mol. The minimum atomic E-state index is -5.03. The normalized spacial score (nSPS) is 16.9. The Morgan fingerprint density at radius 1 is 1.22 bits per heavy atom. The van der Waals surface area contributed by atoms with Crippen molar-refractivity contribution in [3.8, 4) is 0 Å². The summed E-state index contributed by atoms with van der Waals surface area (Å²) in [5.41, 5.74) is -1.86. The molecule has 0 saturated carbocycles. The molecule has 1 aliphatic heterocycles. The molecule has 0 spiro atoms. The van der Waals surface area contributed by atoms with Gasteiger partial charge in [0.15, 0.2) is 11.5 Å². The lowest BCUT2D eigenvalue weighted by Crippen LogP contribution is -2.35. The second-order valence-electron chi connectivity index (χ2n) is 3.29. The van der Waals surface area contributed by atoms with Gasteiger partial charge in [0, 0.05) is 6.20 Å². The summed E-state index contributed by atoms with van der Waals surface area (Å²) in [5, 5.41) is 0. The summed E-state index contributed by atoms with van der Waals surface area (Å²) in [7, 11) is 0. The van der Waals surface area contributed by atoms with Crippen LogP contribution in [-0.2, 0) is 0 Å². The molecular weight excluding hydrogens is 259 g/mol. The predicted octanol–water partition coefficient (Wildman–Crippen LogP) is 2.37. The third-order valence-electron chi connectivity index (χ3n) is 2.09. The highest BCUT2D eigenvalue weighted by atomic mass is 19.4. The van der Waals surface area contributed by atoms with Crippen molar-refractivity contribution >= 4 is 11.9 Å². The second-order valence-corrected chi connectivity index (χ2v) is 3.29. The smallest absolute Gasteiger partial charge is 0.280 e. The Morgan fingerprint density at radius 3 is 2.50 bits per heavy atom. The van der Waals surface area contributed by atoms with Crippen molar-refractivity contribution in [2.24, 2.45) is 4.99 Å². The first kappa shape index (κ1) is 12.4. The summed E-state index contributed by atoms with van der Waals surface area (Å²) in [5.74, 6) is -1.65. The Bertz CT molecular complexity index is 507. The molecule has 0 aliphatic carbocycles. The quantitative estimate of drug-likeness (QED) is 0.577. The number of hydrogen-bond donors (Lipinski definition) is 0. The largest absolute Gasteiger partial charge is 0.436 e. The molecule has 0 atom stereocenters. The highest BCUT2D eigenvalue weighted by Gasteiger charge is 2.41. The molecule has 18 heavy (non-hydrogen) atoms. The molecule has 0 unspecified atom stereocenters. The molecule has 0 amide bonds. The minimum Gasteiger partial charge on any atom is -0.280 e. The fourth-order valence-electron chi connectivity index (χ4n) is 1.33. The lowest BCUT2D eigenvalue weighted by molar-refractivity contribution is -0.0946. The van der Waals surface area contributed by atoms with E-state index in [9.17, 15) is 22.0 Å². The molecule has 1 aromatic rings. The van der Waals surface area contributed by atoms with Crippen molar-refractivity contribution in [3.63, 3.8) is 0 Å². The van der Waals surface area contributed by atoms with Gasteiger partial charge in [-0.05, 0) is 6.07 Å². The maximum absolute atomic E-state index is 13.4. The minimum absolute atomic E-state index is 0.0809. The fourth-order valence-corrected chi connectivity index (χ4v) is 1.33. The van der Waals surface area contributed by atoms with Gasteiger partial charge in [-0.1, -0.05) is 0 Å². The van der Waals surface area contributed by atoms with Crippen molar-refractivity contribution in [2.75, 3.05) is 11.4 Å². The lowest BCUT2D eigenvalue weighted by Gasteiger charge is -2.24. The van der Waals surface area contributed by atoms with Gasteiger partial charge in [-0.15, -0.1) is 0 Å². The van der Waals surface area contributed by atoms with E-state index in [-0.39, 0.29) is 5.82 Å². The number of hydrogen-bond acceptors (Lipinski definition) is 4. The molecule has 0 radical (unpaired) electrons. The summed E-state index contributed by atoms with van der Waals surface area (Å²) in [4.78, 5) is 10.3. The SMILES string of the molecule is FC1=NC(C(F)(F)F)=C(F)CN1c1ccncn1. The maximum Gasteiger partial charge on any atom is 0.436 e. The third kappa shape index (κ3) is 2.29.